The van der Waals surface area contributed by atoms with Gasteiger partial charge in [0.1, 0.15) is 16.5 Å². The van der Waals surface area contributed by atoms with E-state index in [4.69, 9.17) is 4.42 Å². The molecule has 0 bridgehead atoms. The van der Waals surface area contributed by atoms with Crippen LogP contribution in [0.25, 0.3) is 28.6 Å². The normalized spacial score (nSPS) is 11.8. The molecular weight excluding hydrogens is 681 g/mol. The summed E-state index contributed by atoms with van der Waals surface area (Å²) in [6, 6.07) is 48.2. The number of anilines is 2. The van der Waals surface area contributed by atoms with Crippen molar-refractivity contribution >= 4 is 58.0 Å². The van der Waals surface area contributed by atoms with Crippen LogP contribution >= 0.6 is 11.8 Å². The lowest BCUT2D eigenvalue weighted by atomic mass is 10.1. The number of rotatable bonds is 11. The number of benzene rings is 6. The van der Waals surface area contributed by atoms with E-state index in [9.17, 15) is 14.4 Å². The van der Waals surface area contributed by atoms with Crippen molar-refractivity contribution in [3.8, 4) is 11.5 Å². The molecule has 3 amide bonds. The summed E-state index contributed by atoms with van der Waals surface area (Å²) in [7, 11) is 0. The molecule has 0 saturated heterocycles. The lowest BCUT2D eigenvalue weighted by Gasteiger charge is -2.18. The predicted octanol–water partition coefficient (Wildman–Crippen LogP) is 9.68. The zero-order chi connectivity index (χ0) is 36.6. The first-order valence-corrected chi connectivity index (χ1v) is 17.8. The molecule has 1 heterocycles. The van der Waals surface area contributed by atoms with Crippen molar-refractivity contribution in [1.29, 1.82) is 0 Å². The number of fused-ring (bicyclic) bond motifs is 1. The Bertz CT molecular complexity index is 2380. The number of nitrogens with one attached hydrogen (secondary N) is 3. The molecule has 7 rings (SSSR count). The van der Waals surface area contributed by atoms with Crippen LogP contribution < -0.4 is 16.0 Å². The second-order valence-corrected chi connectivity index (χ2v) is 13.4. The van der Waals surface area contributed by atoms with Crippen molar-refractivity contribution in [3.63, 3.8) is 0 Å². The molecule has 6 aromatic carbocycles. The number of hydrogen-bond acceptors (Lipinski definition) is 6. The van der Waals surface area contributed by atoms with Gasteiger partial charge in [-0.2, -0.15) is 0 Å². The standard InChI is InChI=1S/C44H34N4O4S/c1-29-11-10-12-30(27-29)28-38(47-41(49)32-15-6-3-7-16-32)42(50)45-35-23-25-36(26-24-35)53-40(31-13-4-2-5-14-31)43(51)46-34-21-19-33(20-22-34)44-48-37-17-8-9-18-39(37)52-44/h2-28,40H,1H3,(H,45,50)(H,46,51)(H,47,49)/b38-28-. The highest BCUT2D eigenvalue weighted by Crippen LogP contribution is 2.37. The smallest absolute Gasteiger partial charge is 0.272 e. The minimum absolute atomic E-state index is 0.102. The minimum atomic E-state index is -0.564. The van der Waals surface area contributed by atoms with Crippen molar-refractivity contribution in [1.82, 2.24) is 10.3 Å². The number of carbonyl (C=O) groups excluding carboxylic acids is 3. The van der Waals surface area contributed by atoms with Gasteiger partial charge >= 0.3 is 0 Å². The fourth-order valence-electron chi connectivity index (χ4n) is 5.62. The average molecular weight is 715 g/mol. The van der Waals surface area contributed by atoms with E-state index in [1.54, 1.807) is 42.5 Å². The molecule has 0 radical (unpaired) electrons. The van der Waals surface area contributed by atoms with E-state index in [0.717, 1.165) is 32.7 Å². The summed E-state index contributed by atoms with van der Waals surface area (Å²) in [4.78, 5) is 45.8. The Kier molecular flexibility index (Phi) is 10.5. The van der Waals surface area contributed by atoms with Crippen molar-refractivity contribution in [2.24, 2.45) is 0 Å². The molecule has 1 unspecified atom stereocenters. The lowest BCUT2D eigenvalue weighted by Crippen LogP contribution is -2.30. The van der Waals surface area contributed by atoms with Gasteiger partial charge in [-0.15, -0.1) is 11.8 Å². The van der Waals surface area contributed by atoms with Gasteiger partial charge in [0.05, 0.1) is 0 Å². The summed E-state index contributed by atoms with van der Waals surface area (Å²) in [6.45, 7) is 1.96. The van der Waals surface area contributed by atoms with E-state index in [2.05, 4.69) is 20.9 Å². The molecule has 0 aliphatic carbocycles. The molecule has 0 aliphatic heterocycles. The maximum Gasteiger partial charge on any atom is 0.272 e. The molecule has 53 heavy (non-hydrogen) atoms. The molecule has 260 valence electrons. The van der Waals surface area contributed by atoms with Crippen LogP contribution in [-0.4, -0.2) is 22.7 Å². The number of nitrogens with zero attached hydrogens (tertiary/aromatic N) is 1. The van der Waals surface area contributed by atoms with Gasteiger partial charge in [0, 0.05) is 27.4 Å². The van der Waals surface area contributed by atoms with Gasteiger partial charge in [-0.25, -0.2) is 4.98 Å². The van der Waals surface area contributed by atoms with Crippen molar-refractivity contribution in [2.45, 2.75) is 17.1 Å². The third-order valence-corrected chi connectivity index (χ3v) is 9.55. The molecule has 8 nitrogen and oxygen atoms in total. The van der Waals surface area contributed by atoms with Crippen molar-refractivity contribution in [3.05, 3.63) is 186 Å². The molecule has 0 aliphatic rings. The van der Waals surface area contributed by atoms with E-state index in [1.165, 1.54) is 11.8 Å². The first-order valence-electron chi connectivity index (χ1n) is 16.9. The fraction of sp³-hybridized carbons (Fsp3) is 0.0455. The minimum Gasteiger partial charge on any atom is -0.436 e. The molecule has 0 saturated carbocycles. The van der Waals surface area contributed by atoms with Crippen LogP contribution in [0.4, 0.5) is 11.4 Å². The molecule has 1 atom stereocenters. The van der Waals surface area contributed by atoms with E-state index in [0.29, 0.717) is 28.4 Å². The lowest BCUT2D eigenvalue weighted by molar-refractivity contribution is -0.116. The molecule has 3 N–H and O–H groups in total. The van der Waals surface area contributed by atoms with Crippen LogP contribution in [-0.2, 0) is 9.59 Å². The molecular formula is C44H34N4O4S. The molecule has 0 spiro atoms. The van der Waals surface area contributed by atoms with Crippen LogP contribution in [0.5, 0.6) is 0 Å². The summed E-state index contributed by atoms with van der Waals surface area (Å²) in [5, 5.41) is 8.18. The fourth-order valence-corrected chi connectivity index (χ4v) is 6.65. The number of para-hydroxylation sites is 2. The topological polar surface area (TPSA) is 113 Å². The Hall–Kier alpha value is -6.71. The second-order valence-electron chi connectivity index (χ2n) is 12.2. The van der Waals surface area contributed by atoms with Crippen LogP contribution in [0.2, 0.25) is 0 Å². The van der Waals surface area contributed by atoms with E-state index >= 15 is 0 Å². The zero-order valence-electron chi connectivity index (χ0n) is 28.7. The van der Waals surface area contributed by atoms with Gasteiger partial charge in [-0.3, -0.25) is 14.4 Å². The first kappa shape index (κ1) is 34.7. The molecule has 0 fully saturated rings. The summed E-state index contributed by atoms with van der Waals surface area (Å²) in [5.41, 5.74) is 6.66. The molecule has 9 heteroatoms. The Balaban J connectivity index is 1.05. The van der Waals surface area contributed by atoms with Gasteiger partial charge in [-0.1, -0.05) is 90.5 Å². The predicted molar refractivity (Wildman–Crippen MR) is 211 cm³/mol. The van der Waals surface area contributed by atoms with Gasteiger partial charge in [-0.05, 0) is 96.9 Å². The number of amides is 3. The second kappa shape index (κ2) is 16.1. The monoisotopic (exact) mass is 714 g/mol. The van der Waals surface area contributed by atoms with Crippen molar-refractivity contribution in [2.75, 3.05) is 10.6 Å². The summed E-state index contributed by atoms with van der Waals surface area (Å²) >= 11 is 1.40. The number of thioether (sulfide) groups is 1. The summed E-state index contributed by atoms with van der Waals surface area (Å²) in [6.07, 6.45) is 1.65. The average Bonchev–Trinajstić information content (AvgIpc) is 3.63. The third kappa shape index (κ3) is 8.79. The highest BCUT2D eigenvalue weighted by atomic mass is 32.2. The highest BCUT2D eigenvalue weighted by molar-refractivity contribution is 8.00. The highest BCUT2D eigenvalue weighted by Gasteiger charge is 2.23. The van der Waals surface area contributed by atoms with Crippen LogP contribution in [0.15, 0.2) is 173 Å². The largest absolute Gasteiger partial charge is 0.436 e. The summed E-state index contributed by atoms with van der Waals surface area (Å²) in [5.74, 6) is -0.541. The third-order valence-electron chi connectivity index (χ3n) is 8.28. The molecule has 7 aromatic rings. The quantitative estimate of drug-likeness (QED) is 0.0909. The Labute approximate surface area is 311 Å². The number of oxazole rings is 1. The maximum absolute atomic E-state index is 13.8. The maximum atomic E-state index is 13.8. The first-order chi connectivity index (χ1) is 25.9. The summed E-state index contributed by atoms with van der Waals surface area (Å²) < 4.78 is 5.89. The van der Waals surface area contributed by atoms with Gasteiger partial charge in [0.2, 0.25) is 11.8 Å². The Morgan fingerprint density at radius 1 is 0.698 bits per heavy atom. The van der Waals surface area contributed by atoms with Gasteiger partial charge in [0.25, 0.3) is 11.8 Å². The zero-order valence-corrected chi connectivity index (χ0v) is 29.5. The SMILES string of the molecule is Cc1cccc(/C=C(\NC(=O)c2ccccc2)C(=O)Nc2ccc(SC(C(=O)Nc3ccc(-c4nc5ccccc5o4)cc3)c3ccccc3)cc2)c1. The van der Waals surface area contributed by atoms with E-state index < -0.39 is 17.1 Å². The van der Waals surface area contributed by atoms with Crippen LogP contribution in [0.1, 0.15) is 32.3 Å². The van der Waals surface area contributed by atoms with Gasteiger partial charge < -0.3 is 20.4 Å². The van der Waals surface area contributed by atoms with Gasteiger partial charge in [0.15, 0.2) is 5.58 Å². The van der Waals surface area contributed by atoms with Crippen LogP contribution in [0.3, 0.4) is 0 Å². The molecule has 1 aromatic heterocycles. The number of carbonyl (C=O) groups is 3. The van der Waals surface area contributed by atoms with Crippen LogP contribution in [0, 0.1) is 6.92 Å². The van der Waals surface area contributed by atoms with E-state index in [1.807, 2.05) is 128 Å². The van der Waals surface area contributed by atoms with E-state index in [-0.39, 0.29) is 11.6 Å². The Morgan fingerprint density at radius 3 is 2.08 bits per heavy atom. The number of hydrogen-bond donors (Lipinski definition) is 3. The Morgan fingerprint density at radius 2 is 1.36 bits per heavy atom. The number of aryl methyl sites for hydroxylation is 1. The van der Waals surface area contributed by atoms with Crippen molar-refractivity contribution < 1.29 is 18.8 Å². The number of aromatic nitrogens is 1.